The van der Waals surface area contributed by atoms with Crippen molar-refractivity contribution in [3.8, 4) is 16.9 Å². The third-order valence-corrected chi connectivity index (χ3v) is 3.60. The highest BCUT2D eigenvalue weighted by Gasteiger charge is 2.31. The summed E-state index contributed by atoms with van der Waals surface area (Å²) in [5, 5.41) is 2.68. The number of benzene rings is 1. The lowest BCUT2D eigenvalue weighted by Gasteiger charge is -2.11. The molecule has 5 nitrogen and oxygen atoms in total. The van der Waals surface area contributed by atoms with Gasteiger partial charge in [-0.15, -0.1) is 13.2 Å². The van der Waals surface area contributed by atoms with E-state index < -0.39 is 6.36 Å². The summed E-state index contributed by atoms with van der Waals surface area (Å²) in [6, 6.07) is 7.36. The summed E-state index contributed by atoms with van der Waals surface area (Å²) >= 11 is 0. The number of carbonyl (C=O) groups excluding carboxylic acids is 1. The number of amides is 1. The van der Waals surface area contributed by atoms with Gasteiger partial charge in [0.2, 0.25) is 5.91 Å². The Bertz CT molecular complexity index is 946. The maximum absolute atomic E-state index is 12.3. The van der Waals surface area contributed by atoms with E-state index in [9.17, 15) is 18.0 Å². The van der Waals surface area contributed by atoms with Gasteiger partial charge in [0.15, 0.2) is 0 Å². The Morgan fingerprint density at radius 3 is 2.69 bits per heavy atom. The van der Waals surface area contributed by atoms with Crippen molar-refractivity contribution >= 4 is 11.6 Å². The maximum Gasteiger partial charge on any atom is 0.573 e. The van der Waals surface area contributed by atoms with Crippen molar-refractivity contribution in [2.24, 2.45) is 0 Å². The van der Waals surface area contributed by atoms with E-state index in [1.165, 1.54) is 30.3 Å². The van der Waals surface area contributed by atoms with Gasteiger partial charge in [-0.2, -0.15) is 0 Å². The number of imidazole rings is 1. The van der Waals surface area contributed by atoms with Gasteiger partial charge in [0.25, 0.3) is 0 Å². The van der Waals surface area contributed by atoms with E-state index >= 15 is 0 Å². The minimum atomic E-state index is -4.73. The molecule has 1 aromatic carbocycles. The van der Waals surface area contributed by atoms with Gasteiger partial charge in [-0.05, 0) is 35.4 Å². The second-order valence-electron chi connectivity index (χ2n) is 5.41. The lowest BCUT2D eigenvalue weighted by atomic mass is 10.0. The number of alkyl halides is 3. The number of fused-ring (bicyclic) bond motifs is 1. The fraction of sp³-hybridized carbons (Fsp3) is 0.111. The Kier molecular flexibility index (Phi) is 4.66. The molecule has 0 radical (unpaired) electrons. The minimum absolute atomic E-state index is 0.279. The number of ether oxygens (including phenoxy) is 1. The van der Waals surface area contributed by atoms with Crippen LogP contribution in [0.15, 0.2) is 61.6 Å². The highest BCUT2D eigenvalue weighted by Crippen LogP contribution is 2.29. The van der Waals surface area contributed by atoms with Gasteiger partial charge in [0.1, 0.15) is 11.4 Å². The first-order valence-electron chi connectivity index (χ1n) is 7.58. The van der Waals surface area contributed by atoms with E-state index in [2.05, 4.69) is 21.6 Å². The number of halogens is 3. The van der Waals surface area contributed by atoms with Crippen LogP contribution >= 0.6 is 0 Å². The molecular weight excluding hydrogens is 347 g/mol. The van der Waals surface area contributed by atoms with Crippen molar-refractivity contribution in [1.29, 1.82) is 0 Å². The number of hydrogen-bond donors (Lipinski definition) is 1. The number of aromatic nitrogens is 2. The number of rotatable bonds is 5. The second kappa shape index (κ2) is 6.91. The molecule has 134 valence electrons. The third kappa shape index (κ3) is 4.02. The Hall–Kier alpha value is -3.29. The fourth-order valence-electron chi connectivity index (χ4n) is 2.50. The average Bonchev–Trinajstić information content (AvgIpc) is 3.06. The summed E-state index contributed by atoms with van der Waals surface area (Å²) in [7, 11) is 0. The Balaban J connectivity index is 1.94. The van der Waals surface area contributed by atoms with Gasteiger partial charge >= 0.3 is 6.36 Å². The predicted molar refractivity (Wildman–Crippen MR) is 89.4 cm³/mol. The van der Waals surface area contributed by atoms with Gasteiger partial charge in [-0.3, -0.25) is 4.79 Å². The van der Waals surface area contributed by atoms with E-state index in [0.717, 1.165) is 11.1 Å². The van der Waals surface area contributed by atoms with Crippen LogP contribution in [-0.4, -0.2) is 21.7 Å². The number of pyridine rings is 1. The molecule has 0 unspecified atom stereocenters. The first-order valence-corrected chi connectivity index (χ1v) is 7.58. The molecule has 2 heterocycles. The zero-order valence-electron chi connectivity index (χ0n) is 13.5. The largest absolute Gasteiger partial charge is 0.573 e. The molecule has 8 heteroatoms. The van der Waals surface area contributed by atoms with Crippen molar-refractivity contribution in [3.05, 3.63) is 67.1 Å². The van der Waals surface area contributed by atoms with Crippen LogP contribution in [0.3, 0.4) is 0 Å². The van der Waals surface area contributed by atoms with Gasteiger partial charge in [-0.25, -0.2) is 4.98 Å². The summed E-state index contributed by atoms with van der Waals surface area (Å²) in [4.78, 5) is 15.6. The van der Waals surface area contributed by atoms with Crippen molar-refractivity contribution in [1.82, 2.24) is 14.7 Å². The van der Waals surface area contributed by atoms with Crippen LogP contribution in [0.25, 0.3) is 16.8 Å². The minimum Gasteiger partial charge on any atom is -0.406 e. The van der Waals surface area contributed by atoms with Crippen molar-refractivity contribution in [2.75, 3.05) is 0 Å². The van der Waals surface area contributed by atoms with E-state index in [1.54, 1.807) is 16.8 Å². The van der Waals surface area contributed by atoms with Crippen molar-refractivity contribution in [3.63, 3.8) is 0 Å². The number of carbonyl (C=O) groups is 1. The summed E-state index contributed by atoms with van der Waals surface area (Å²) in [6.45, 7) is 3.67. The quantitative estimate of drug-likeness (QED) is 0.705. The molecule has 0 aliphatic carbocycles. The molecule has 26 heavy (non-hydrogen) atoms. The topological polar surface area (TPSA) is 55.6 Å². The fourth-order valence-corrected chi connectivity index (χ4v) is 2.50. The number of nitrogens with zero attached hydrogens (tertiary/aromatic N) is 2. The zero-order chi connectivity index (χ0) is 18.7. The molecule has 1 amide bonds. The van der Waals surface area contributed by atoms with Crippen molar-refractivity contribution < 1.29 is 22.7 Å². The monoisotopic (exact) mass is 361 g/mol. The molecule has 2 aromatic heterocycles. The van der Waals surface area contributed by atoms with Crippen LogP contribution < -0.4 is 10.1 Å². The Labute approximate surface area is 146 Å². The first-order chi connectivity index (χ1) is 12.4. The molecule has 1 N–H and O–H groups in total. The van der Waals surface area contributed by atoms with E-state index in [1.807, 2.05) is 12.3 Å². The van der Waals surface area contributed by atoms with Crippen LogP contribution in [-0.2, 0) is 11.3 Å². The van der Waals surface area contributed by atoms with Gasteiger partial charge in [0, 0.05) is 30.7 Å². The van der Waals surface area contributed by atoms with Crippen LogP contribution in [0.1, 0.15) is 5.56 Å². The standard InChI is InChI=1S/C18H14F3N3O2/c1-2-16(25)23-10-12-9-15(17-22-7-8-24(17)11-12)13-3-5-14(6-4-13)26-18(19,20)21/h2-9,11H,1,10H2,(H,23,25). The summed E-state index contributed by atoms with van der Waals surface area (Å²) < 4.78 is 42.5. The molecule has 0 saturated carbocycles. The first kappa shape index (κ1) is 17.5. The molecule has 3 rings (SSSR count). The lowest BCUT2D eigenvalue weighted by molar-refractivity contribution is -0.274. The summed E-state index contributed by atoms with van der Waals surface area (Å²) in [5.41, 5.74) is 2.84. The Morgan fingerprint density at radius 1 is 1.31 bits per heavy atom. The average molecular weight is 361 g/mol. The third-order valence-electron chi connectivity index (χ3n) is 3.60. The maximum atomic E-state index is 12.3. The molecule has 0 bridgehead atoms. The zero-order valence-corrected chi connectivity index (χ0v) is 13.5. The van der Waals surface area contributed by atoms with E-state index in [4.69, 9.17) is 0 Å². The molecular formula is C18H14F3N3O2. The highest BCUT2D eigenvalue weighted by molar-refractivity contribution is 5.86. The molecule has 0 aliphatic rings. The molecule has 0 atom stereocenters. The van der Waals surface area contributed by atoms with Gasteiger partial charge < -0.3 is 14.5 Å². The Morgan fingerprint density at radius 2 is 2.04 bits per heavy atom. The van der Waals surface area contributed by atoms with E-state index in [0.29, 0.717) is 11.2 Å². The van der Waals surface area contributed by atoms with Gasteiger partial charge in [-0.1, -0.05) is 18.7 Å². The molecule has 0 fully saturated rings. The van der Waals surface area contributed by atoms with Crippen LogP contribution in [0, 0.1) is 0 Å². The SMILES string of the molecule is C=CC(=O)NCc1cc(-c2ccc(OC(F)(F)F)cc2)c2nccn2c1. The van der Waals surface area contributed by atoms with E-state index in [-0.39, 0.29) is 18.2 Å². The summed E-state index contributed by atoms with van der Waals surface area (Å²) in [6.07, 6.45) is 1.62. The van der Waals surface area contributed by atoms with Crippen molar-refractivity contribution in [2.45, 2.75) is 12.9 Å². The molecule has 0 saturated heterocycles. The van der Waals surface area contributed by atoms with Crippen LogP contribution in [0.4, 0.5) is 13.2 Å². The summed E-state index contributed by atoms with van der Waals surface area (Å²) in [5.74, 6) is -0.596. The molecule has 3 aromatic rings. The van der Waals surface area contributed by atoms with Gasteiger partial charge in [0.05, 0.1) is 0 Å². The lowest BCUT2D eigenvalue weighted by Crippen LogP contribution is -2.20. The normalized spacial score (nSPS) is 11.3. The number of nitrogens with one attached hydrogen (secondary N) is 1. The molecule has 0 aliphatic heterocycles. The predicted octanol–water partition coefficient (Wildman–Crippen LogP) is 3.70. The second-order valence-corrected chi connectivity index (χ2v) is 5.41. The molecule has 0 spiro atoms. The number of hydrogen-bond acceptors (Lipinski definition) is 3. The van der Waals surface area contributed by atoms with Crippen LogP contribution in [0.2, 0.25) is 0 Å². The smallest absolute Gasteiger partial charge is 0.406 e. The van der Waals surface area contributed by atoms with Crippen LogP contribution in [0.5, 0.6) is 5.75 Å². The highest BCUT2D eigenvalue weighted by atomic mass is 19.4.